The van der Waals surface area contributed by atoms with E-state index in [0.717, 1.165) is 30.7 Å². The molecule has 2 aromatic rings. The van der Waals surface area contributed by atoms with Crippen molar-refractivity contribution in [3.63, 3.8) is 0 Å². The summed E-state index contributed by atoms with van der Waals surface area (Å²) >= 11 is 1.37. The Balaban J connectivity index is 1.71. The average Bonchev–Trinajstić information content (AvgIpc) is 3.02. The third-order valence-electron chi connectivity index (χ3n) is 4.73. The van der Waals surface area contributed by atoms with Crippen molar-refractivity contribution >= 4 is 23.4 Å². The number of amides is 1. The predicted molar refractivity (Wildman–Crippen MR) is 102 cm³/mol. The minimum atomic E-state index is 0.0994. The third kappa shape index (κ3) is 4.17. The Morgan fingerprint density at radius 1 is 1.35 bits per heavy atom. The second-order valence-electron chi connectivity index (χ2n) is 6.78. The molecule has 1 unspecified atom stereocenters. The SMILES string of the molecule is CCCCc1c(C)nc2nc(SCC(=O)N3CCOC(C)C3)nn2c1C. The van der Waals surface area contributed by atoms with Gasteiger partial charge in [-0.2, -0.15) is 4.98 Å². The topological polar surface area (TPSA) is 72.6 Å². The van der Waals surface area contributed by atoms with Gasteiger partial charge in [-0.05, 0) is 39.2 Å². The minimum Gasteiger partial charge on any atom is -0.375 e. The van der Waals surface area contributed by atoms with Gasteiger partial charge in [-0.1, -0.05) is 25.1 Å². The molecule has 1 saturated heterocycles. The van der Waals surface area contributed by atoms with Gasteiger partial charge in [-0.15, -0.1) is 5.10 Å². The molecule has 1 atom stereocenters. The summed E-state index contributed by atoms with van der Waals surface area (Å²) in [6.45, 7) is 10.2. The van der Waals surface area contributed by atoms with Crippen molar-refractivity contribution < 1.29 is 9.53 Å². The van der Waals surface area contributed by atoms with E-state index in [1.54, 1.807) is 0 Å². The molecule has 0 aromatic carbocycles. The highest BCUT2D eigenvalue weighted by atomic mass is 32.2. The van der Waals surface area contributed by atoms with Crippen LogP contribution in [0.3, 0.4) is 0 Å². The van der Waals surface area contributed by atoms with Crippen LogP contribution < -0.4 is 0 Å². The van der Waals surface area contributed by atoms with Crippen LogP contribution in [-0.2, 0) is 16.0 Å². The maximum Gasteiger partial charge on any atom is 0.253 e. The van der Waals surface area contributed by atoms with E-state index in [2.05, 4.69) is 28.9 Å². The number of hydrogen-bond donors (Lipinski definition) is 0. The second-order valence-corrected chi connectivity index (χ2v) is 7.72. The van der Waals surface area contributed by atoms with Crippen LogP contribution in [-0.4, -0.2) is 61.9 Å². The number of ether oxygens (including phenoxy) is 1. The summed E-state index contributed by atoms with van der Waals surface area (Å²) in [6.07, 6.45) is 3.39. The van der Waals surface area contributed by atoms with Crippen LogP contribution in [0.25, 0.3) is 5.78 Å². The fraction of sp³-hybridized carbons (Fsp3) is 0.667. The Bertz CT molecular complexity index is 791. The van der Waals surface area contributed by atoms with Crippen LogP contribution in [0.1, 0.15) is 43.6 Å². The van der Waals surface area contributed by atoms with Gasteiger partial charge >= 0.3 is 0 Å². The van der Waals surface area contributed by atoms with Gasteiger partial charge in [0.25, 0.3) is 5.78 Å². The number of nitrogens with zero attached hydrogens (tertiary/aromatic N) is 5. The van der Waals surface area contributed by atoms with Gasteiger partial charge < -0.3 is 9.64 Å². The molecule has 0 radical (unpaired) electrons. The first-order valence-electron chi connectivity index (χ1n) is 9.24. The zero-order valence-corrected chi connectivity index (χ0v) is 16.8. The summed E-state index contributed by atoms with van der Waals surface area (Å²) in [6, 6.07) is 0. The molecule has 2 aromatic heterocycles. The number of carbonyl (C=O) groups excluding carboxylic acids is 1. The van der Waals surface area contributed by atoms with Crippen LogP contribution in [0.4, 0.5) is 0 Å². The van der Waals surface area contributed by atoms with E-state index in [9.17, 15) is 4.79 Å². The molecule has 26 heavy (non-hydrogen) atoms. The quantitative estimate of drug-likeness (QED) is 0.720. The molecule has 0 spiro atoms. The molecule has 0 bridgehead atoms. The molecule has 0 aliphatic carbocycles. The zero-order chi connectivity index (χ0) is 18.7. The molecule has 3 heterocycles. The smallest absolute Gasteiger partial charge is 0.253 e. The fourth-order valence-corrected chi connectivity index (χ4v) is 3.95. The molecule has 1 fully saturated rings. The van der Waals surface area contributed by atoms with Crippen molar-refractivity contribution in [3.05, 3.63) is 17.0 Å². The number of hydrogen-bond acceptors (Lipinski definition) is 6. The molecule has 8 heteroatoms. The molecular weight excluding hydrogens is 350 g/mol. The highest BCUT2D eigenvalue weighted by molar-refractivity contribution is 7.99. The van der Waals surface area contributed by atoms with Crippen molar-refractivity contribution in [1.29, 1.82) is 0 Å². The first-order valence-corrected chi connectivity index (χ1v) is 10.2. The maximum atomic E-state index is 12.4. The molecule has 3 rings (SSSR count). The maximum absolute atomic E-state index is 12.4. The lowest BCUT2D eigenvalue weighted by Crippen LogP contribution is -2.45. The molecule has 7 nitrogen and oxygen atoms in total. The summed E-state index contributed by atoms with van der Waals surface area (Å²) in [5.41, 5.74) is 3.36. The van der Waals surface area contributed by atoms with Gasteiger partial charge in [0.2, 0.25) is 11.1 Å². The highest BCUT2D eigenvalue weighted by Gasteiger charge is 2.22. The molecule has 1 amide bonds. The lowest BCUT2D eigenvalue weighted by atomic mass is 10.1. The molecular formula is C18H27N5O2S. The van der Waals surface area contributed by atoms with E-state index in [1.165, 1.54) is 17.3 Å². The van der Waals surface area contributed by atoms with E-state index in [1.807, 2.05) is 23.3 Å². The fourth-order valence-electron chi connectivity index (χ4n) is 3.23. The van der Waals surface area contributed by atoms with E-state index < -0.39 is 0 Å². The van der Waals surface area contributed by atoms with Gasteiger partial charge in [0.15, 0.2) is 0 Å². The Kier molecular flexibility index (Phi) is 6.13. The molecule has 1 aliphatic rings. The van der Waals surface area contributed by atoms with E-state index in [4.69, 9.17) is 4.74 Å². The number of rotatable bonds is 6. The normalized spacial score (nSPS) is 17.8. The van der Waals surface area contributed by atoms with Crippen LogP contribution in [0.5, 0.6) is 0 Å². The van der Waals surface area contributed by atoms with Crippen LogP contribution in [0.15, 0.2) is 5.16 Å². The Morgan fingerprint density at radius 2 is 2.15 bits per heavy atom. The molecule has 1 aliphatic heterocycles. The van der Waals surface area contributed by atoms with Gasteiger partial charge in [0.1, 0.15) is 0 Å². The number of fused-ring (bicyclic) bond motifs is 1. The predicted octanol–water partition coefficient (Wildman–Crippen LogP) is 2.42. The summed E-state index contributed by atoms with van der Waals surface area (Å²) in [5, 5.41) is 5.16. The standard InChI is InChI=1S/C18H27N5O2S/c1-5-6-7-15-13(3)19-17-20-18(21-23(17)14(15)4)26-11-16(24)22-8-9-25-12(2)10-22/h12H,5-11H2,1-4H3. The van der Waals surface area contributed by atoms with Crippen molar-refractivity contribution in [2.75, 3.05) is 25.4 Å². The zero-order valence-electron chi connectivity index (χ0n) is 16.0. The Hall–Kier alpha value is -1.67. The lowest BCUT2D eigenvalue weighted by molar-refractivity contribution is -0.135. The van der Waals surface area contributed by atoms with Crippen LogP contribution >= 0.6 is 11.8 Å². The first-order chi connectivity index (χ1) is 12.5. The van der Waals surface area contributed by atoms with Crippen LogP contribution in [0, 0.1) is 13.8 Å². The van der Waals surface area contributed by atoms with E-state index >= 15 is 0 Å². The Morgan fingerprint density at radius 3 is 2.88 bits per heavy atom. The monoisotopic (exact) mass is 377 g/mol. The average molecular weight is 378 g/mol. The van der Waals surface area contributed by atoms with Gasteiger partial charge in [-0.25, -0.2) is 9.50 Å². The summed E-state index contributed by atoms with van der Waals surface area (Å²) < 4.78 is 7.29. The largest absolute Gasteiger partial charge is 0.375 e. The molecule has 0 N–H and O–H groups in total. The number of aromatic nitrogens is 4. The van der Waals surface area contributed by atoms with Crippen molar-refractivity contribution in [3.8, 4) is 0 Å². The number of unbranched alkanes of at least 4 members (excludes halogenated alkanes) is 1. The molecule has 142 valence electrons. The number of aryl methyl sites for hydroxylation is 2. The lowest BCUT2D eigenvalue weighted by Gasteiger charge is -2.31. The van der Waals surface area contributed by atoms with Gasteiger partial charge in [0.05, 0.1) is 18.5 Å². The van der Waals surface area contributed by atoms with Gasteiger partial charge in [-0.3, -0.25) is 4.79 Å². The first kappa shape index (κ1) is 19.1. The highest BCUT2D eigenvalue weighted by Crippen LogP contribution is 2.20. The second kappa shape index (κ2) is 8.35. The number of carbonyl (C=O) groups is 1. The minimum absolute atomic E-state index is 0.0994. The van der Waals surface area contributed by atoms with E-state index in [0.29, 0.717) is 36.4 Å². The Labute approximate surface area is 158 Å². The summed E-state index contributed by atoms with van der Waals surface area (Å²) in [5.74, 6) is 1.05. The van der Waals surface area contributed by atoms with Gasteiger partial charge in [0, 0.05) is 24.5 Å². The summed E-state index contributed by atoms with van der Waals surface area (Å²) in [7, 11) is 0. The molecule has 0 saturated carbocycles. The van der Waals surface area contributed by atoms with Crippen molar-refractivity contribution in [2.24, 2.45) is 0 Å². The van der Waals surface area contributed by atoms with Crippen LogP contribution in [0.2, 0.25) is 0 Å². The number of thioether (sulfide) groups is 1. The summed E-state index contributed by atoms with van der Waals surface area (Å²) in [4.78, 5) is 23.3. The number of morpholine rings is 1. The third-order valence-corrected chi connectivity index (χ3v) is 5.55. The van der Waals surface area contributed by atoms with Crippen molar-refractivity contribution in [1.82, 2.24) is 24.5 Å². The van der Waals surface area contributed by atoms with E-state index in [-0.39, 0.29) is 12.0 Å². The van der Waals surface area contributed by atoms with Crippen molar-refractivity contribution in [2.45, 2.75) is 58.2 Å².